The lowest BCUT2D eigenvalue weighted by Crippen LogP contribution is -2.41. The summed E-state index contributed by atoms with van der Waals surface area (Å²) >= 11 is 0. The fourth-order valence-electron chi connectivity index (χ4n) is 3.18. The molecule has 4 nitrogen and oxygen atoms in total. The zero-order valence-electron chi connectivity index (χ0n) is 15.6. The van der Waals surface area contributed by atoms with Crippen molar-refractivity contribution in [3.8, 4) is 22.5 Å². The van der Waals surface area contributed by atoms with Crippen molar-refractivity contribution in [2.75, 3.05) is 0 Å². The molecule has 1 N–H and O–H groups in total. The Kier molecular flexibility index (Phi) is 4.01. The first-order valence-corrected chi connectivity index (χ1v) is 8.94. The molecule has 0 atom stereocenters. The highest BCUT2D eigenvalue weighted by Crippen LogP contribution is 2.38. The lowest BCUT2D eigenvalue weighted by atomic mass is 9.74. The van der Waals surface area contributed by atoms with Gasteiger partial charge in [0, 0.05) is 11.0 Å². The van der Waals surface area contributed by atoms with E-state index in [-0.39, 0.29) is 0 Å². The third-order valence-corrected chi connectivity index (χ3v) is 5.40. The highest BCUT2D eigenvalue weighted by molar-refractivity contribution is 6.65. The predicted molar refractivity (Wildman–Crippen MR) is 105 cm³/mol. The number of rotatable bonds is 3. The van der Waals surface area contributed by atoms with Crippen molar-refractivity contribution in [3.05, 3.63) is 60.7 Å². The minimum Gasteiger partial charge on any atom is -0.399 e. The van der Waals surface area contributed by atoms with Gasteiger partial charge < -0.3 is 9.31 Å². The molecule has 5 heteroatoms. The predicted octanol–water partition coefficient (Wildman–Crippen LogP) is 4.04. The molecule has 1 aliphatic rings. The van der Waals surface area contributed by atoms with E-state index in [2.05, 4.69) is 62.2 Å². The molecule has 2 aromatic carbocycles. The number of H-pyrrole nitrogens is 1. The summed E-state index contributed by atoms with van der Waals surface area (Å²) in [5, 5.41) is 7.83. The van der Waals surface area contributed by atoms with Gasteiger partial charge in [-0.05, 0) is 33.3 Å². The Hall–Kier alpha value is -2.37. The molecule has 0 aliphatic carbocycles. The topological polar surface area (TPSA) is 47.1 Å². The summed E-state index contributed by atoms with van der Waals surface area (Å²) in [4.78, 5) is 0. The van der Waals surface area contributed by atoms with E-state index < -0.39 is 18.3 Å². The van der Waals surface area contributed by atoms with Crippen LogP contribution < -0.4 is 5.46 Å². The molecule has 1 aromatic heterocycles. The van der Waals surface area contributed by atoms with Crippen LogP contribution >= 0.6 is 0 Å². The molecular weight excluding hydrogens is 323 g/mol. The number of hydrogen-bond acceptors (Lipinski definition) is 3. The lowest BCUT2D eigenvalue weighted by molar-refractivity contribution is 0.00578. The Morgan fingerprint density at radius 1 is 0.769 bits per heavy atom. The van der Waals surface area contributed by atoms with E-state index >= 15 is 0 Å². The van der Waals surface area contributed by atoms with Crippen molar-refractivity contribution in [1.82, 2.24) is 10.2 Å². The van der Waals surface area contributed by atoms with Crippen LogP contribution in [0.25, 0.3) is 22.5 Å². The number of hydrogen-bond donors (Lipinski definition) is 1. The molecule has 4 rings (SSSR count). The van der Waals surface area contributed by atoms with Gasteiger partial charge in [0.25, 0.3) is 0 Å². The SMILES string of the molecule is CC1(C)OB(c2c(-c3ccccc3)n[nH]c2-c2ccccc2)OC1(C)C. The van der Waals surface area contributed by atoms with Gasteiger partial charge in [0.05, 0.1) is 22.6 Å². The average Bonchev–Trinajstić information content (AvgIpc) is 3.15. The second-order valence-electron chi connectivity index (χ2n) is 7.68. The molecule has 2 heterocycles. The largest absolute Gasteiger partial charge is 0.499 e. The maximum atomic E-state index is 6.35. The number of nitrogens with zero attached hydrogens (tertiary/aromatic N) is 1. The molecule has 132 valence electrons. The summed E-state index contributed by atoms with van der Waals surface area (Å²) in [6, 6.07) is 20.3. The van der Waals surface area contributed by atoms with Crippen LogP contribution in [-0.2, 0) is 9.31 Å². The van der Waals surface area contributed by atoms with E-state index in [0.717, 1.165) is 28.0 Å². The quantitative estimate of drug-likeness (QED) is 0.728. The average molecular weight is 346 g/mol. The van der Waals surface area contributed by atoms with Crippen molar-refractivity contribution in [1.29, 1.82) is 0 Å². The second kappa shape index (κ2) is 6.11. The van der Waals surface area contributed by atoms with E-state index in [1.165, 1.54) is 0 Å². The zero-order valence-corrected chi connectivity index (χ0v) is 15.6. The van der Waals surface area contributed by atoms with Crippen LogP contribution in [-0.4, -0.2) is 28.5 Å². The lowest BCUT2D eigenvalue weighted by Gasteiger charge is -2.32. The molecular formula is C21H23BN2O2. The fraction of sp³-hybridized carbons (Fsp3) is 0.286. The maximum Gasteiger partial charge on any atom is 0.499 e. The summed E-state index contributed by atoms with van der Waals surface area (Å²) in [7, 11) is -0.482. The maximum absolute atomic E-state index is 6.35. The highest BCUT2D eigenvalue weighted by Gasteiger charge is 2.53. The second-order valence-corrected chi connectivity index (χ2v) is 7.68. The normalized spacial score (nSPS) is 18.2. The van der Waals surface area contributed by atoms with Gasteiger partial charge in [-0.25, -0.2) is 0 Å². The van der Waals surface area contributed by atoms with Crippen LogP contribution in [0.1, 0.15) is 27.7 Å². The minimum absolute atomic E-state index is 0.406. The first-order valence-electron chi connectivity index (χ1n) is 8.94. The molecule has 0 unspecified atom stereocenters. The number of aromatic nitrogens is 2. The highest BCUT2D eigenvalue weighted by atomic mass is 16.7. The Morgan fingerprint density at radius 3 is 1.81 bits per heavy atom. The summed E-state index contributed by atoms with van der Waals surface area (Å²) in [5.41, 5.74) is 4.03. The summed E-state index contributed by atoms with van der Waals surface area (Å²) in [5.74, 6) is 0. The number of aromatic amines is 1. The molecule has 1 fully saturated rings. The smallest absolute Gasteiger partial charge is 0.399 e. The Balaban J connectivity index is 1.87. The van der Waals surface area contributed by atoms with E-state index in [4.69, 9.17) is 9.31 Å². The summed E-state index contributed by atoms with van der Waals surface area (Å²) in [6.45, 7) is 8.27. The molecule has 0 spiro atoms. The van der Waals surface area contributed by atoms with Crippen LogP contribution in [0.2, 0.25) is 0 Å². The standard InChI is InChI=1S/C21H23BN2O2/c1-20(2)21(3,4)26-22(25-20)17-18(15-11-7-5-8-12-15)23-24-19(17)16-13-9-6-10-14-16/h5-14H,1-4H3,(H,23,24). The van der Waals surface area contributed by atoms with E-state index in [1.54, 1.807) is 0 Å². The third-order valence-electron chi connectivity index (χ3n) is 5.40. The van der Waals surface area contributed by atoms with Crippen LogP contribution in [0.4, 0.5) is 0 Å². The molecule has 0 amide bonds. The first-order chi connectivity index (χ1) is 12.4. The van der Waals surface area contributed by atoms with Gasteiger partial charge in [0.2, 0.25) is 0 Å². The van der Waals surface area contributed by atoms with Crippen LogP contribution in [0.3, 0.4) is 0 Å². The monoisotopic (exact) mass is 346 g/mol. The van der Waals surface area contributed by atoms with Gasteiger partial charge in [-0.1, -0.05) is 60.7 Å². The Bertz CT molecular complexity index is 831. The third kappa shape index (κ3) is 2.77. The van der Waals surface area contributed by atoms with Gasteiger partial charge in [-0.3, -0.25) is 5.10 Å². The van der Waals surface area contributed by atoms with Gasteiger partial charge in [-0.15, -0.1) is 0 Å². The molecule has 1 saturated heterocycles. The van der Waals surface area contributed by atoms with Crippen LogP contribution in [0.15, 0.2) is 60.7 Å². The van der Waals surface area contributed by atoms with Gasteiger partial charge in [-0.2, -0.15) is 5.10 Å². The minimum atomic E-state index is -0.482. The first kappa shape index (κ1) is 17.1. The zero-order chi connectivity index (χ0) is 18.4. The van der Waals surface area contributed by atoms with Gasteiger partial charge in [0.15, 0.2) is 0 Å². The van der Waals surface area contributed by atoms with E-state index in [9.17, 15) is 0 Å². The molecule has 26 heavy (non-hydrogen) atoms. The van der Waals surface area contributed by atoms with E-state index in [0.29, 0.717) is 0 Å². The van der Waals surface area contributed by atoms with Crippen molar-refractivity contribution in [3.63, 3.8) is 0 Å². The molecule has 0 saturated carbocycles. The fourth-order valence-corrected chi connectivity index (χ4v) is 3.18. The number of benzene rings is 2. The van der Waals surface area contributed by atoms with Crippen molar-refractivity contribution < 1.29 is 9.31 Å². The molecule has 0 radical (unpaired) electrons. The van der Waals surface area contributed by atoms with Gasteiger partial charge in [0.1, 0.15) is 0 Å². The van der Waals surface area contributed by atoms with Crippen molar-refractivity contribution in [2.45, 2.75) is 38.9 Å². The Labute approximate surface area is 154 Å². The molecule has 0 bridgehead atoms. The van der Waals surface area contributed by atoms with E-state index in [1.807, 2.05) is 36.4 Å². The van der Waals surface area contributed by atoms with Crippen LogP contribution in [0.5, 0.6) is 0 Å². The molecule has 1 aliphatic heterocycles. The number of nitrogens with one attached hydrogen (secondary N) is 1. The van der Waals surface area contributed by atoms with Crippen molar-refractivity contribution >= 4 is 12.6 Å². The van der Waals surface area contributed by atoms with Crippen LogP contribution in [0, 0.1) is 0 Å². The van der Waals surface area contributed by atoms with Gasteiger partial charge >= 0.3 is 7.12 Å². The summed E-state index contributed by atoms with van der Waals surface area (Å²) in [6.07, 6.45) is 0. The van der Waals surface area contributed by atoms with Crippen molar-refractivity contribution in [2.24, 2.45) is 0 Å². The Morgan fingerprint density at radius 2 is 1.27 bits per heavy atom. The molecule has 3 aromatic rings. The summed E-state index contributed by atoms with van der Waals surface area (Å²) < 4.78 is 12.7.